The number of nitrogens with one attached hydrogen (secondary N) is 1. The predicted octanol–water partition coefficient (Wildman–Crippen LogP) is 5.95. The summed E-state index contributed by atoms with van der Waals surface area (Å²) in [6.07, 6.45) is 4.84. The van der Waals surface area contributed by atoms with Crippen LogP contribution in [0, 0.1) is 0 Å². The van der Waals surface area contributed by atoms with Crippen molar-refractivity contribution in [1.82, 2.24) is 4.98 Å². The monoisotopic (exact) mass is 490 g/mol. The number of halogens is 1. The Morgan fingerprint density at radius 3 is 2.24 bits per heavy atom. The fraction of sp³-hybridized carbons (Fsp3) is 0.111. The number of ketones is 1. The normalized spacial score (nSPS) is 11.2. The molecule has 5 nitrogen and oxygen atoms in total. The van der Waals surface area contributed by atoms with Gasteiger partial charge in [-0.3, -0.25) is 14.5 Å². The van der Waals surface area contributed by atoms with E-state index in [1.165, 1.54) is 0 Å². The molecule has 3 aromatic carbocycles. The average Bonchev–Trinajstić information content (AvgIpc) is 2.85. The van der Waals surface area contributed by atoms with Gasteiger partial charge in [-0.25, -0.2) is 8.42 Å². The van der Waals surface area contributed by atoms with Gasteiger partial charge in [-0.1, -0.05) is 66.2 Å². The SMILES string of the molecule is O=C(CCc1cccnc1)Cc1ccc(NS(=O)(=O)c2ccccc2-c2ccccc2Cl)cc1. The highest BCUT2D eigenvalue weighted by Crippen LogP contribution is 2.33. The lowest BCUT2D eigenvalue weighted by molar-refractivity contribution is -0.118. The zero-order chi connectivity index (χ0) is 24.0. The standard InChI is InChI=1S/C27H23ClN2O3S/c28-26-9-3-1-7-24(26)25-8-2-4-10-27(25)34(32,33)30-22-14-11-20(12-15-22)18-23(31)16-13-21-6-5-17-29-19-21/h1-12,14-15,17,19,30H,13,16,18H2. The Bertz CT molecular complexity index is 1390. The third-order valence-corrected chi connectivity index (χ3v) is 7.13. The second-order valence-electron chi connectivity index (χ2n) is 7.86. The average molecular weight is 491 g/mol. The van der Waals surface area contributed by atoms with Crippen molar-refractivity contribution in [2.24, 2.45) is 0 Å². The van der Waals surface area contributed by atoms with Gasteiger partial charge in [0.2, 0.25) is 0 Å². The van der Waals surface area contributed by atoms with E-state index in [4.69, 9.17) is 11.6 Å². The Morgan fingerprint density at radius 2 is 1.53 bits per heavy atom. The number of sulfonamides is 1. The molecule has 0 spiro atoms. The Morgan fingerprint density at radius 1 is 0.824 bits per heavy atom. The van der Waals surface area contributed by atoms with E-state index in [1.807, 2.05) is 18.2 Å². The number of carbonyl (C=O) groups excluding carboxylic acids is 1. The number of aryl methyl sites for hydroxylation is 1. The topological polar surface area (TPSA) is 76.1 Å². The number of hydrogen-bond acceptors (Lipinski definition) is 4. The van der Waals surface area contributed by atoms with Gasteiger partial charge in [0.1, 0.15) is 5.78 Å². The molecule has 0 atom stereocenters. The summed E-state index contributed by atoms with van der Waals surface area (Å²) >= 11 is 6.31. The first-order valence-electron chi connectivity index (χ1n) is 10.8. The number of aromatic nitrogens is 1. The van der Waals surface area contributed by atoms with E-state index in [0.717, 1.165) is 11.1 Å². The summed E-state index contributed by atoms with van der Waals surface area (Å²) in [5.41, 5.74) is 3.44. The molecule has 0 saturated carbocycles. The minimum absolute atomic E-state index is 0.117. The van der Waals surface area contributed by atoms with E-state index in [2.05, 4.69) is 9.71 Å². The second kappa shape index (κ2) is 10.6. The molecule has 0 saturated heterocycles. The van der Waals surface area contributed by atoms with Gasteiger partial charge in [0.25, 0.3) is 10.0 Å². The quantitative estimate of drug-likeness (QED) is 0.314. The maximum absolute atomic E-state index is 13.2. The highest BCUT2D eigenvalue weighted by molar-refractivity contribution is 7.92. The van der Waals surface area contributed by atoms with Crippen LogP contribution in [0.4, 0.5) is 5.69 Å². The van der Waals surface area contributed by atoms with Gasteiger partial charge in [-0.05, 0) is 47.9 Å². The lowest BCUT2D eigenvalue weighted by Gasteiger charge is -2.14. The van der Waals surface area contributed by atoms with Crippen LogP contribution in [0.1, 0.15) is 17.5 Å². The Balaban J connectivity index is 1.44. The fourth-order valence-corrected chi connectivity index (χ4v) is 5.17. The number of carbonyl (C=O) groups is 1. The van der Waals surface area contributed by atoms with Crippen LogP contribution in [-0.4, -0.2) is 19.2 Å². The number of nitrogens with zero attached hydrogens (tertiary/aromatic N) is 1. The van der Waals surface area contributed by atoms with Crippen molar-refractivity contribution in [2.75, 3.05) is 4.72 Å². The molecule has 0 bridgehead atoms. The highest BCUT2D eigenvalue weighted by atomic mass is 35.5. The molecule has 0 amide bonds. The van der Waals surface area contributed by atoms with Crippen molar-refractivity contribution >= 4 is 33.1 Å². The van der Waals surface area contributed by atoms with Crippen molar-refractivity contribution in [3.05, 3.63) is 113 Å². The van der Waals surface area contributed by atoms with E-state index < -0.39 is 10.0 Å². The number of pyridine rings is 1. The summed E-state index contributed by atoms with van der Waals surface area (Å²) in [5.74, 6) is 0.117. The summed E-state index contributed by atoms with van der Waals surface area (Å²) in [7, 11) is -3.87. The van der Waals surface area contributed by atoms with E-state index >= 15 is 0 Å². The largest absolute Gasteiger partial charge is 0.299 e. The number of anilines is 1. The van der Waals surface area contributed by atoms with Crippen LogP contribution < -0.4 is 4.72 Å². The minimum Gasteiger partial charge on any atom is -0.299 e. The summed E-state index contributed by atoms with van der Waals surface area (Å²) in [4.78, 5) is 16.5. The van der Waals surface area contributed by atoms with E-state index in [1.54, 1.807) is 79.1 Å². The van der Waals surface area contributed by atoms with Crippen molar-refractivity contribution in [2.45, 2.75) is 24.2 Å². The molecule has 1 aromatic heterocycles. The van der Waals surface area contributed by atoms with Crippen LogP contribution in [0.3, 0.4) is 0 Å². The Hall–Kier alpha value is -3.48. The first kappa shape index (κ1) is 23.7. The maximum Gasteiger partial charge on any atom is 0.262 e. The van der Waals surface area contributed by atoms with Crippen LogP contribution in [0.25, 0.3) is 11.1 Å². The molecule has 0 unspecified atom stereocenters. The molecule has 0 aliphatic carbocycles. The minimum atomic E-state index is -3.87. The van der Waals surface area contributed by atoms with Crippen LogP contribution in [-0.2, 0) is 27.7 Å². The number of hydrogen-bond donors (Lipinski definition) is 1. The van der Waals surface area contributed by atoms with Crippen molar-refractivity contribution < 1.29 is 13.2 Å². The Kier molecular flexibility index (Phi) is 7.40. The number of rotatable bonds is 9. The van der Waals surface area contributed by atoms with Gasteiger partial charge >= 0.3 is 0 Å². The lowest BCUT2D eigenvalue weighted by Crippen LogP contribution is -2.14. The molecule has 0 radical (unpaired) electrons. The van der Waals surface area contributed by atoms with Gasteiger partial charge < -0.3 is 0 Å². The smallest absolute Gasteiger partial charge is 0.262 e. The molecule has 4 rings (SSSR count). The lowest BCUT2D eigenvalue weighted by atomic mass is 10.0. The molecule has 34 heavy (non-hydrogen) atoms. The first-order chi connectivity index (χ1) is 16.4. The van der Waals surface area contributed by atoms with Crippen molar-refractivity contribution in [3.8, 4) is 11.1 Å². The summed E-state index contributed by atoms with van der Waals surface area (Å²) in [5, 5.41) is 0.475. The number of benzene rings is 3. The molecule has 172 valence electrons. The van der Waals surface area contributed by atoms with Crippen molar-refractivity contribution in [1.29, 1.82) is 0 Å². The summed E-state index contributed by atoms with van der Waals surface area (Å²) in [6, 6.07) is 24.5. The van der Waals surface area contributed by atoms with E-state index in [0.29, 0.717) is 41.1 Å². The highest BCUT2D eigenvalue weighted by Gasteiger charge is 2.20. The molecular formula is C27H23ClN2O3S. The van der Waals surface area contributed by atoms with Gasteiger partial charge in [-0.2, -0.15) is 0 Å². The zero-order valence-electron chi connectivity index (χ0n) is 18.3. The predicted molar refractivity (Wildman–Crippen MR) is 135 cm³/mol. The molecular weight excluding hydrogens is 468 g/mol. The van der Waals surface area contributed by atoms with Crippen molar-refractivity contribution in [3.63, 3.8) is 0 Å². The molecule has 1 heterocycles. The van der Waals surface area contributed by atoms with Gasteiger partial charge in [0, 0.05) is 47.1 Å². The Labute approximate surface area is 204 Å². The molecule has 7 heteroatoms. The maximum atomic E-state index is 13.2. The van der Waals surface area contributed by atoms with Gasteiger partial charge in [0.05, 0.1) is 4.90 Å². The summed E-state index contributed by atoms with van der Waals surface area (Å²) in [6.45, 7) is 0. The van der Waals surface area contributed by atoms with Crippen LogP contribution >= 0.6 is 11.6 Å². The van der Waals surface area contributed by atoms with E-state index in [-0.39, 0.29) is 10.7 Å². The van der Waals surface area contributed by atoms with Crippen LogP contribution in [0.2, 0.25) is 5.02 Å². The molecule has 0 aliphatic rings. The van der Waals surface area contributed by atoms with Gasteiger partial charge in [-0.15, -0.1) is 0 Å². The fourth-order valence-electron chi connectivity index (χ4n) is 3.65. The summed E-state index contributed by atoms with van der Waals surface area (Å²) < 4.78 is 29.0. The molecule has 0 aliphatic heterocycles. The van der Waals surface area contributed by atoms with E-state index in [9.17, 15) is 13.2 Å². The zero-order valence-corrected chi connectivity index (χ0v) is 19.9. The van der Waals surface area contributed by atoms with Gasteiger partial charge in [0.15, 0.2) is 0 Å². The van der Waals surface area contributed by atoms with Crippen LogP contribution in [0.5, 0.6) is 0 Å². The third-order valence-electron chi connectivity index (χ3n) is 5.36. The molecule has 0 fully saturated rings. The number of Topliss-reactive ketones (excluding diaryl/α,β-unsaturated/α-hetero) is 1. The van der Waals surface area contributed by atoms with Crippen LogP contribution in [0.15, 0.2) is 102 Å². The second-order valence-corrected chi connectivity index (χ2v) is 9.91. The molecule has 4 aromatic rings. The molecule has 1 N–H and O–H groups in total. The third kappa shape index (κ3) is 5.90. The first-order valence-corrected chi connectivity index (χ1v) is 12.6.